The number of hydrogen-bond donors (Lipinski definition) is 1. The van der Waals surface area contributed by atoms with Crippen molar-refractivity contribution in [2.24, 2.45) is 0 Å². The highest BCUT2D eigenvalue weighted by Gasteiger charge is 2.31. The number of sulfonamides is 1. The first-order valence-corrected chi connectivity index (χ1v) is 11.0. The van der Waals surface area contributed by atoms with Gasteiger partial charge in [0.25, 0.3) is 5.91 Å². The van der Waals surface area contributed by atoms with E-state index in [2.05, 4.69) is 10.3 Å². The largest absolute Gasteiger partial charge is 0.416 e. The molecule has 0 unspecified atom stereocenters. The Balaban J connectivity index is 1.56. The summed E-state index contributed by atoms with van der Waals surface area (Å²) in [4.78, 5) is 16.7. The zero-order valence-corrected chi connectivity index (χ0v) is 17.0. The Labute approximate surface area is 176 Å². The van der Waals surface area contributed by atoms with E-state index in [1.54, 1.807) is 0 Å². The molecule has 1 aromatic heterocycles. The number of rotatable bonds is 4. The van der Waals surface area contributed by atoms with Gasteiger partial charge in [0, 0.05) is 30.2 Å². The second-order valence-electron chi connectivity index (χ2n) is 7.18. The van der Waals surface area contributed by atoms with Crippen LogP contribution in [0.5, 0.6) is 0 Å². The van der Waals surface area contributed by atoms with Gasteiger partial charge in [-0.3, -0.25) is 9.78 Å². The molecule has 3 aromatic rings. The molecule has 0 bridgehead atoms. The van der Waals surface area contributed by atoms with Crippen LogP contribution in [0.3, 0.4) is 0 Å². The Kier molecular flexibility index (Phi) is 5.44. The summed E-state index contributed by atoms with van der Waals surface area (Å²) >= 11 is 0. The van der Waals surface area contributed by atoms with Gasteiger partial charge in [-0.2, -0.15) is 17.5 Å². The normalized spacial score (nSPS) is 15.3. The van der Waals surface area contributed by atoms with E-state index in [1.807, 2.05) is 0 Å². The van der Waals surface area contributed by atoms with Gasteiger partial charge in [0.2, 0.25) is 10.0 Å². The van der Waals surface area contributed by atoms with Crippen LogP contribution in [0, 0.1) is 0 Å². The molecule has 6 nitrogen and oxygen atoms in total. The molecule has 1 amide bonds. The maximum atomic E-state index is 12.9. The number of aromatic nitrogens is 1. The summed E-state index contributed by atoms with van der Waals surface area (Å²) in [6.07, 6.45) is -1.54. The summed E-state index contributed by atoms with van der Waals surface area (Å²) in [6.45, 7) is 0.964. The first-order chi connectivity index (χ1) is 14.7. The average molecular weight is 449 g/mol. The van der Waals surface area contributed by atoms with Gasteiger partial charge in [-0.1, -0.05) is 6.07 Å². The van der Waals surface area contributed by atoms with Crippen LogP contribution in [0.15, 0.2) is 59.6 Å². The van der Waals surface area contributed by atoms with Gasteiger partial charge in [0.05, 0.1) is 21.7 Å². The number of hydrogen-bond acceptors (Lipinski definition) is 4. The smallest absolute Gasteiger partial charge is 0.321 e. The number of amides is 1. The third-order valence-electron chi connectivity index (χ3n) is 5.14. The lowest BCUT2D eigenvalue weighted by atomic mass is 10.1. The molecule has 2 aromatic carbocycles. The summed E-state index contributed by atoms with van der Waals surface area (Å²) in [7, 11) is -3.58. The van der Waals surface area contributed by atoms with Crippen molar-refractivity contribution in [3.8, 4) is 0 Å². The van der Waals surface area contributed by atoms with Crippen molar-refractivity contribution >= 4 is 32.5 Å². The number of pyridine rings is 1. The number of nitrogens with zero attached hydrogens (tertiary/aromatic N) is 2. The first kappa shape index (κ1) is 21.3. The van der Waals surface area contributed by atoms with E-state index in [9.17, 15) is 26.4 Å². The molecule has 0 aliphatic carbocycles. The fourth-order valence-electron chi connectivity index (χ4n) is 3.48. The fourth-order valence-corrected chi connectivity index (χ4v) is 5.00. The van der Waals surface area contributed by atoms with Gasteiger partial charge in [-0.25, -0.2) is 8.42 Å². The van der Waals surface area contributed by atoms with Crippen molar-refractivity contribution < 1.29 is 26.4 Å². The van der Waals surface area contributed by atoms with E-state index in [0.717, 1.165) is 25.0 Å². The molecule has 1 saturated heterocycles. The highest BCUT2D eigenvalue weighted by atomic mass is 32.2. The highest BCUT2D eigenvalue weighted by molar-refractivity contribution is 7.89. The van der Waals surface area contributed by atoms with E-state index < -0.39 is 27.7 Å². The van der Waals surface area contributed by atoms with Crippen LogP contribution in [-0.4, -0.2) is 36.7 Å². The minimum Gasteiger partial charge on any atom is -0.321 e. The predicted molar refractivity (Wildman–Crippen MR) is 109 cm³/mol. The Morgan fingerprint density at radius 3 is 2.32 bits per heavy atom. The van der Waals surface area contributed by atoms with E-state index in [4.69, 9.17) is 0 Å². The van der Waals surface area contributed by atoms with Crippen LogP contribution in [0.1, 0.15) is 28.8 Å². The minimum atomic E-state index is -4.49. The average Bonchev–Trinajstić information content (AvgIpc) is 3.29. The number of halogens is 3. The molecule has 0 spiro atoms. The van der Waals surface area contributed by atoms with Crippen LogP contribution in [0.25, 0.3) is 10.9 Å². The molecule has 31 heavy (non-hydrogen) atoms. The Morgan fingerprint density at radius 2 is 1.68 bits per heavy atom. The zero-order valence-electron chi connectivity index (χ0n) is 16.2. The lowest BCUT2D eigenvalue weighted by Crippen LogP contribution is -2.27. The molecular formula is C21H18F3N3O3S. The van der Waals surface area contributed by atoms with Gasteiger partial charge in [-0.15, -0.1) is 0 Å². The van der Waals surface area contributed by atoms with Gasteiger partial charge >= 0.3 is 6.18 Å². The van der Waals surface area contributed by atoms with Crippen molar-refractivity contribution in [3.63, 3.8) is 0 Å². The SMILES string of the molecule is O=C(Nc1ccnc2cc(C(F)(F)F)ccc12)c1ccc(S(=O)(=O)N2CCCC2)cc1. The monoisotopic (exact) mass is 449 g/mol. The molecule has 1 fully saturated rings. The van der Waals surface area contributed by atoms with Crippen molar-refractivity contribution in [1.29, 1.82) is 0 Å². The maximum Gasteiger partial charge on any atom is 0.416 e. The Hall–Kier alpha value is -2.98. The minimum absolute atomic E-state index is 0.0969. The number of alkyl halides is 3. The number of carbonyl (C=O) groups excluding carboxylic acids is 1. The number of anilines is 1. The number of carbonyl (C=O) groups is 1. The molecule has 4 rings (SSSR count). The predicted octanol–water partition coefficient (Wildman–Crippen LogP) is 4.29. The quantitative estimate of drug-likeness (QED) is 0.645. The number of nitrogens with one attached hydrogen (secondary N) is 1. The van der Waals surface area contributed by atoms with Crippen LogP contribution < -0.4 is 5.32 Å². The molecule has 2 heterocycles. The zero-order chi connectivity index (χ0) is 22.2. The Morgan fingerprint density at radius 1 is 1.00 bits per heavy atom. The van der Waals surface area contributed by atoms with Crippen molar-refractivity contribution in [1.82, 2.24) is 9.29 Å². The van der Waals surface area contributed by atoms with E-state index in [1.165, 1.54) is 46.9 Å². The van der Waals surface area contributed by atoms with E-state index in [-0.39, 0.29) is 16.0 Å². The summed E-state index contributed by atoms with van der Waals surface area (Å²) < 4.78 is 65.4. The topological polar surface area (TPSA) is 79.4 Å². The fraction of sp³-hybridized carbons (Fsp3) is 0.238. The van der Waals surface area contributed by atoms with Crippen molar-refractivity contribution in [3.05, 3.63) is 65.9 Å². The molecule has 10 heteroatoms. The Bertz CT molecular complexity index is 1240. The lowest BCUT2D eigenvalue weighted by molar-refractivity contribution is -0.137. The summed E-state index contributed by atoms with van der Waals surface area (Å²) in [5, 5.41) is 3.01. The second kappa shape index (κ2) is 7.93. The van der Waals surface area contributed by atoms with Gasteiger partial charge in [-0.05, 0) is 55.3 Å². The van der Waals surface area contributed by atoms with Gasteiger partial charge in [0.15, 0.2) is 0 Å². The van der Waals surface area contributed by atoms with E-state index in [0.29, 0.717) is 24.2 Å². The van der Waals surface area contributed by atoms with Crippen LogP contribution >= 0.6 is 0 Å². The number of fused-ring (bicyclic) bond motifs is 1. The second-order valence-corrected chi connectivity index (χ2v) is 9.12. The number of benzene rings is 2. The van der Waals surface area contributed by atoms with Gasteiger partial charge in [0.1, 0.15) is 0 Å². The van der Waals surface area contributed by atoms with Crippen molar-refractivity contribution in [2.75, 3.05) is 18.4 Å². The van der Waals surface area contributed by atoms with Crippen LogP contribution in [0.4, 0.5) is 18.9 Å². The lowest BCUT2D eigenvalue weighted by Gasteiger charge is -2.15. The summed E-state index contributed by atoms with van der Waals surface area (Å²) in [5.74, 6) is -0.516. The third-order valence-corrected chi connectivity index (χ3v) is 7.05. The molecular weight excluding hydrogens is 431 g/mol. The van der Waals surface area contributed by atoms with Gasteiger partial charge < -0.3 is 5.32 Å². The van der Waals surface area contributed by atoms with Crippen LogP contribution in [0.2, 0.25) is 0 Å². The molecule has 1 aliphatic heterocycles. The first-order valence-electron chi connectivity index (χ1n) is 9.54. The maximum absolute atomic E-state index is 12.9. The van der Waals surface area contributed by atoms with E-state index >= 15 is 0 Å². The van der Waals surface area contributed by atoms with Crippen molar-refractivity contribution in [2.45, 2.75) is 23.9 Å². The molecule has 0 radical (unpaired) electrons. The summed E-state index contributed by atoms with van der Waals surface area (Å²) in [5.41, 5.74) is -0.208. The molecule has 1 aliphatic rings. The molecule has 1 N–H and O–H groups in total. The molecule has 0 atom stereocenters. The molecule has 0 saturated carbocycles. The highest BCUT2D eigenvalue weighted by Crippen LogP contribution is 2.32. The third kappa shape index (κ3) is 4.26. The summed E-state index contributed by atoms with van der Waals surface area (Å²) in [6, 6.07) is 10.2. The van der Waals surface area contributed by atoms with Crippen LogP contribution in [-0.2, 0) is 16.2 Å². The standard InChI is InChI=1S/C21H18F3N3O3S/c22-21(23,24)15-5-8-17-18(9-10-25-19(17)13-15)26-20(28)14-3-6-16(7-4-14)31(29,30)27-11-1-2-12-27/h3-10,13H,1-2,11-12H2,(H,25,26,28). The molecule has 162 valence electrons.